The van der Waals surface area contributed by atoms with Crippen LogP contribution in [0.4, 0.5) is 0 Å². The van der Waals surface area contributed by atoms with E-state index in [-0.39, 0.29) is 16.2 Å². The highest BCUT2D eigenvalue weighted by atomic mass is 28.4. The van der Waals surface area contributed by atoms with E-state index < -0.39 is 16.6 Å². The van der Waals surface area contributed by atoms with Crippen LogP contribution in [0.15, 0.2) is 18.2 Å². The summed E-state index contributed by atoms with van der Waals surface area (Å²) in [4.78, 5) is 10.6. The van der Waals surface area contributed by atoms with Gasteiger partial charge >= 0.3 is 0 Å². The highest BCUT2D eigenvalue weighted by Gasteiger charge is 2.42. The maximum Gasteiger partial charge on any atom is 0.250 e. The molecule has 1 rings (SSSR count). The van der Waals surface area contributed by atoms with Crippen LogP contribution in [0.5, 0.6) is 11.5 Å². The molecule has 0 bridgehead atoms. The molecule has 1 aromatic carbocycles. The van der Waals surface area contributed by atoms with Crippen molar-refractivity contribution in [1.82, 2.24) is 0 Å². The van der Waals surface area contributed by atoms with Gasteiger partial charge in [-0.1, -0.05) is 47.6 Å². The number of hydrogen-bond donors (Lipinski definition) is 0. The molecule has 0 saturated heterocycles. The summed E-state index contributed by atoms with van der Waals surface area (Å²) in [6.45, 7) is 25.2. The molecular weight excluding hydrogens is 420 g/mol. The Kier molecular flexibility index (Phi) is 9.61. The Morgan fingerprint density at radius 3 is 1.90 bits per heavy atom. The van der Waals surface area contributed by atoms with Gasteiger partial charge in [0, 0.05) is 13.0 Å². The zero-order valence-corrected chi connectivity index (χ0v) is 23.8. The smallest absolute Gasteiger partial charge is 0.250 e. The number of aldehydes is 1. The van der Waals surface area contributed by atoms with Crippen LogP contribution in [-0.2, 0) is 16.0 Å². The number of carbonyl (C=O) groups is 1. The highest BCUT2D eigenvalue weighted by molar-refractivity contribution is 6.75. The normalized spacial score (nSPS) is 14.3. The van der Waals surface area contributed by atoms with Gasteiger partial charge in [0.05, 0.1) is 6.10 Å². The van der Waals surface area contributed by atoms with Gasteiger partial charge in [-0.25, -0.2) is 0 Å². The molecule has 0 unspecified atom stereocenters. The maximum atomic E-state index is 10.6. The predicted molar refractivity (Wildman–Crippen MR) is 137 cm³/mol. The van der Waals surface area contributed by atoms with Gasteiger partial charge in [0.1, 0.15) is 17.8 Å². The van der Waals surface area contributed by atoms with Crippen molar-refractivity contribution in [2.45, 2.75) is 110 Å². The van der Waals surface area contributed by atoms with Gasteiger partial charge in [-0.15, -0.1) is 0 Å². The van der Waals surface area contributed by atoms with Crippen molar-refractivity contribution in [3.8, 4) is 11.5 Å². The third kappa shape index (κ3) is 8.39. The van der Waals surface area contributed by atoms with Crippen molar-refractivity contribution < 1.29 is 18.4 Å². The Morgan fingerprint density at radius 1 is 0.903 bits per heavy atom. The second kappa shape index (κ2) is 10.7. The summed E-state index contributed by atoms with van der Waals surface area (Å²) in [7, 11) is -3.99. The summed E-state index contributed by atoms with van der Waals surface area (Å²) in [5, 5.41) is 0.231. The summed E-state index contributed by atoms with van der Waals surface area (Å²) in [5.74, 6) is 1.75. The SMILES string of the molecule is C[C@H](CC=O)OCCCc1ccc(O[Si](C)(C)C(C)(C)C)c(O[Si](C)(C)C(C)(C)C)c1. The first-order valence-corrected chi connectivity index (χ1v) is 17.4. The predicted octanol–water partition coefficient (Wildman–Crippen LogP) is 7.38. The average Bonchev–Trinajstić information content (AvgIpc) is 2.58. The molecule has 0 heterocycles. The fraction of sp³-hybridized carbons (Fsp3) is 0.720. The first-order chi connectivity index (χ1) is 14.0. The summed E-state index contributed by atoms with van der Waals surface area (Å²) in [6.07, 6.45) is 3.16. The van der Waals surface area contributed by atoms with Crippen molar-refractivity contribution in [3.05, 3.63) is 23.8 Å². The first kappa shape index (κ1) is 27.9. The lowest BCUT2D eigenvalue weighted by Crippen LogP contribution is -2.45. The largest absolute Gasteiger partial charge is 0.541 e. The van der Waals surface area contributed by atoms with Crippen LogP contribution in [-0.4, -0.2) is 35.6 Å². The standard InChI is InChI=1S/C25H46O4Si2/c1-20(16-17-26)27-18-12-13-21-14-15-22(28-30(8,9)24(2,3)4)23(19-21)29-31(10,11)25(5,6)7/h14-15,17,19-20H,12-13,16,18H2,1-11H3/t20-/m1/s1. The number of rotatable bonds is 11. The van der Waals surface area contributed by atoms with Crippen molar-refractivity contribution in [1.29, 1.82) is 0 Å². The first-order valence-electron chi connectivity index (χ1n) is 11.6. The van der Waals surface area contributed by atoms with Gasteiger partial charge in [0.25, 0.3) is 16.6 Å². The van der Waals surface area contributed by atoms with E-state index in [9.17, 15) is 4.79 Å². The fourth-order valence-electron chi connectivity index (χ4n) is 2.49. The van der Waals surface area contributed by atoms with Crippen molar-refractivity contribution in [3.63, 3.8) is 0 Å². The van der Waals surface area contributed by atoms with Crippen LogP contribution in [0, 0.1) is 0 Å². The molecule has 0 saturated carbocycles. The molecule has 4 nitrogen and oxygen atoms in total. The molecule has 0 amide bonds. The molecule has 0 fully saturated rings. The van der Waals surface area contributed by atoms with Crippen LogP contribution in [0.1, 0.15) is 66.9 Å². The van der Waals surface area contributed by atoms with E-state index in [1.165, 1.54) is 5.56 Å². The number of benzene rings is 1. The molecule has 1 atom stereocenters. The van der Waals surface area contributed by atoms with Crippen LogP contribution in [0.25, 0.3) is 0 Å². The third-order valence-electron chi connectivity index (χ3n) is 6.79. The molecule has 31 heavy (non-hydrogen) atoms. The van der Waals surface area contributed by atoms with Gasteiger partial charge in [0.2, 0.25) is 0 Å². The van der Waals surface area contributed by atoms with Crippen molar-refractivity contribution >= 4 is 22.9 Å². The second-order valence-electron chi connectivity index (χ2n) is 11.7. The van der Waals surface area contributed by atoms with Crippen LogP contribution in [0.2, 0.25) is 36.3 Å². The van der Waals surface area contributed by atoms with Crippen LogP contribution in [0.3, 0.4) is 0 Å². The summed E-state index contributed by atoms with van der Waals surface area (Å²) < 4.78 is 19.1. The minimum atomic E-state index is -2.01. The maximum absolute atomic E-state index is 10.6. The number of hydrogen-bond acceptors (Lipinski definition) is 4. The van der Waals surface area contributed by atoms with E-state index in [2.05, 4.69) is 85.9 Å². The molecule has 178 valence electrons. The molecule has 0 aromatic heterocycles. The lowest BCUT2D eigenvalue weighted by molar-refractivity contribution is -0.110. The average molecular weight is 467 g/mol. The van der Waals surface area contributed by atoms with Crippen LogP contribution < -0.4 is 8.85 Å². The molecule has 0 aliphatic heterocycles. The molecule has 0 radical (unpaired) electrons. The Hall–Kier alpha value is -1.12. The summed E-state index contributed by atoms with van der Waals surface area (Å²) in [6, 6.07) is 6.40. The number of ether oxygens (including phenoxy) is 1. The van der Waals surface area contributed by atoms with E-state index in [4.69, 9.17) is 13.6 Å². The Balaban J connectivity index is 3.09. The van der Waals surface area contributed by atoms with Gasteiger partial charge in [-0.05, 0) is 73.7 Å². The lowest BCUT2D eigenvalue weighted by atomic mass is 10.1. The van der Waals surface area contributed by atoms with E-state index in [1.807, 2.05) is 6.92 Å². The van der Waals surface area contributed by atoms with Gasteiger partial charge in [-0.3, -0.25) is 0 Å². The number of carbonyl (C=O) groups excluding carboxylic acids is 1. The van der Waals surface area contributed by atoms with Crippen molar-refractivity contribution in [2.24, 2.45) is 0 Å². The quantitative estimate of drug-likeness (QED) is 0.194. The van der Waals surface area contributed by atoms with Crippen molar-refractivity contribution in [2.75, 3.05) is 6.61 Å². The fourth-order valence-corrected chi connectivity index (χ4v) is 4.53. The molecule has 0 aliphatic rings. The second-order valence-corrected chi connectivity index (χ2v) is 21.1. The molecule has 1 aromatic rings. The van der Waals surface area contributed by atoms with Gasteiger partial charge in [0.15, 0.2) is 0 Å². The van der Waals surface area contributed by atoms with Crippen LogP contribution >= 0.6 is 0 Å². The van der Waals surface area contributed by atoms with E-state index in [0.717, 1.165) is 30.6 Å². The zero-order chi connectivity index (χ0) is 24.1. The molecule has 6 heteroatoms. The molecule has 0 aliphatic carbocycles. The molecular formula is C25H46O4Si2. The molecule has 0 N–H and O–H groups in total. The lowest BCUT2D eigenvalue weighted by Gasteiger charge is -2.39. The minimum Gasteiger partial charge on any atom is -0.541 e. The topological polar surface area (TPSA) is 44.8 Å². The highest BCUT2D eigenvalue weighted by Crippen LogP contribution is 2.43. The third-order valence-corrected chi connectivity index (χ3v) is 15.5. The van der Waals surface area contributed by atoms with E-state index in [0.29, 0.717) is 13.0 Å². The Labute approximate surface area is 193 Å². The Bertz CT molecular complexity index is 715. The summed E-state index contributed by atoms with van der Waals surface area (Å²) >= 11 is 0. The Morgan fingerprint density at radius 2 is 1.42 bits per heavy atom. The summed E-state index contributed by atoms with van der Waals surface area (Å²) in [5.41, 5.74) is 1.22. The minimum absolute atomic E-state index is 0.0182. The van der Waals surface area contributed by atoms with Gasteiger partial charge < -0.3 is 18.4 Å². The van der Waals surface area contributed by atoms with E-state index >= 15 is 0 Å². The van der Waals surface area contributed by atoms with Gasteiger partial charge in [-0.2, -0.15) is 0 Å². The monoisotopic (exact) mass is 466 g/mol. The van der Waals surface area contributed by atoms with E-state index in [1.54, 1.807) is 0 Å². The zero-order valence-electron chi connectivity index (χ0n) is 21.8. The molecule has 0 spiro atoms. The number of aryl methyl sites for hydroxylation is 1.